The average molecular weight is 256 g/mol. The Bertz CT molecular complexity index is 482. The largest absolute Gasteiger partial charge is 0.399 e. The van der Waals surface area contributed by atoms with Crippen LogP contribution in [0.5, 0.6) is 0 Å². The Hall–Kier alpha value is -1.84. The van der Waals surface area contributed by atoms with Crippen LogP contribution in [0.3, 0.4) is 0 Å². The van der Waals surface area contributed by atoms with Crippen molar-refractivity contribution in [1.29, 1.82) is 0 Å². The second-order valence-electron chi connectivity index (χ2n) is 4.62. The van der Waals surface area contributed by atoms with Crippen LogP contribution >= 0.6 is 0 Å². The molecule has 2 aromatic carbocycles. The molecule has 0 saturated carbocycles. The first kappa shape index (κ1) is 13.6. The van der Waals surface area contributed by atoms with Crippen LogP contribution in [0.4, 0.5) is 5.69 Å². The monoisotopic (exact) mass is 256 g/mol. The number of hydrogen-bond donors (Lipinski definition) is 3. The maximum atomic E-state index is 9.98. The van der Waals surface area contributed by atoms with Crippen LogP contribution in [-0.4, -0.2) is 18.2 Å². The van der Waals surface area contributed by atoms with Crippen LogP contribution < -0.4 is 11.1 Å². The van der Waals surface area contributed by atoms with Crippen molar-refractivity contribution in [2.75, 3.05) is 18.8 Å². The quantitative estimate of drug-likeness (QED) is 0.548. The van der Waals surface area contributed by atoms with Gasteiger partial charge < -0.3 is 16.2 Å². The zero-order valence-corrected chi connectivity index (χ0v) is 10.9. The highest BCUT2D eigenvalue weighted by Crippen LogP contribution is 2.10. The van der Waals surface area contributed by atoms with Gasteiger partial charge in [-0.2, -0.15) is 0 Å². The van der Waals surface area contributed by atoms with Crippen molar-refractivity contribution in [3.63, 3.8) is 0 Å². The number of nitrogens with one attached hydrogen (secondary N) is 1. The highest BCUT2D eigenvalue weighted by molar-refractivity contribution is 5.39. The number of hydrogen-bond acceptors (Lipinski definition) is 3. The first-order valence-electron chi connectivity index (χ1n) is 6.54. The van der Waals surface area contributed by atoms with E-state index < -0.39 is 6.10 Å². The highest BCUT2D eigenvalue weighted by atomic mass is 16.3. The molecule has 0 aliphatic rings. The molecule has 0 amide bonds. The van der Waals surface area contributed by atoms with Gasteiger partial charge in [-0.1, -0.05) is 42.5 Å². The van der Waals surface area contributed by atoms with Crippen LogP contribution in [0.2, 0.25) is 0 Å². The van der Waals surface area contributed by atoms with Gasteiger partial charge in [0.25, 0.3) is 0 Å². The average Bonchev–Trinajstić information content (AvgIpc) is 2.46. The lowest BCUT2D eigenvalue weighted by Crippen LogP contribution is -2.23. The maximum absolute atomic E-state index is 9.98. The maximum Gasteiger partial charge on any atom is 0.0914 e. The molecule has 1 unspecified atom stereocenters. The number of aliphatic hydroxyl groups excluding tert-OH is 1. The van der Waals surface area contributed by atoms with E-state index in [1.807, 2.05) is 54.6 Å². The summed E-state index contributed by atoms with van der Waals surface area (Å²) in [4.78, 5) is 0. The Balaban J connectivity index is 1.71. The molecule has 0 aromatic heterocycles. The Labute approximate surface area is 114 Å². The minimum atomic E-state index is -0.451. The standard InChI is InChI=1S/C16H20N2O/c17-15-8-6-13(7-9-15)10-11-18-12-16(19)14-4-2-1-3-5-14/h1-9,16,18-19H,10-12,17H2. The summed E-state index contributed by atoms with van der Waals surface area (Å²) in [6.07, 6.45) is 0.481. The van der Waals surface area contributed by atoms with Crippen molar-refractivity contribution >= 4 is 5.69 Å². The molecule has 4 N–H and O–H groups in total. The lowest BCUT2D eigenvalue weighted by molar-refractivity contribution is 0.175. The van der Waals surface area contributed by atoms with E-state index in [9.17, 15) is 5.11 Å². The molecule has 0 fully saturated rings. The number of aliphatic hydroxyl groups is 1. The van der Waals surface area contributed by atoms with Crippen molar-refractivity contribution < 1.29 is 5.11 Å². The van der Waals surface area contributed by atoms with Gasteiger partial charge in [0, 0.05) is 12.2 Å². The summed E-state index contributed by atoms with van der Waals surface area (Å²) >= 11 is 0. The van der Waals surface area contributed by atoms with E-state index in [1.54, 1.807) is 0 Å². The normalized spacial score (nSPS) is 12.3. The minimum absolute atomic E-state index is 0.451. The topological polar surface area (TPSA) is 58.3 Å². The molecule has 19 heavy (non-hydrogen) atoms. The van der Waals surface area contributed by atoms with Crippen LogP contribution in [0.25, 0.3) is 0 Å². The molecule has 0 aliphatic carbocycles. The second kappa shape index (κ2) is 6.92. The van der Waals surface area contributed by atoms with Gasteiger partial charge >= 0.3 is 0 Å². The van der Waals surface area contributed by atoms with Crippen molar-refractivity contribution in [2.45, 2.75) is 12.5 Å². The van der Waals surface area contributed by atoms with E-state index in [4.69, 9.17) is 5.73 Å². The lowest BCUT2D eigenvalue weighted by atomic mass is 10.1. The van der Waals surface area contributed by atoms with Gasteiger partial charge in [0.15, 0.2) is 0 Å². The molecular weight excluding hydrogens is 236 g/mol. The number of nitrogen functional groups attached to an aromatic ring is 1. The third kappa shape index (κ3) is 4.39. The summed E-state index contributed by atoms with van der Waals surface area (Å²) < 4.78 is 0. The molecule has 0 aliphatic heterocycles. The van der Waals surface area contributed by atoms with Crippen LogP contribution in [0.1, 0.15) is 17.2 Å². The predicted octanol–water partition coefficient (Wildman–Crippen LogP) is 2.13. The molecule has 1 atom stereocenters. The zero-order valence-electron chi connectivity index (χ0n) is 10.9. The molecule has 2 rings (SSSR count). The SMILES string of the molecule is Nc1ccc(CCNCC(O)c2ccccc2)cc1. The molecule has 2 aromatic rings. The molecule has 100 valence electrons. The van der Waals surface area contributed by atoms with Gasteiger partial charge in [0.05, 0.1) is 6.10 Å². The molecular formula is C16H20N2O. The van der Waals surface area contributed by atoms with Gasteiger partial charge in [-0.25, -0.2) is 0 Å². The molecule has 3 nitrogen and oxygen atoms in total. The van der Waals surface area contributed by atoms with Crippen molar-refractivity contribution in [3.05, 3.63) is 65.7 Å². The van der Waals surface area contributed by atoms with Crippen molar-refractivity contribution in [2.24, 2.45) is 0 Å². The fourth-order valence-corrected chi connectivity index (χ4v) is 1.95. The van der Waals surface area contributed by atoms with Gasteiger partial charge in [-0.05, 0) is 36.2 Å². The van der Waals surface area contributed by atoms with Gasteiger partial charge in [-0.3, -0.25) is 0 Å². The summed E-state index contributed by atoms with van der Waals surface area (Å²) in [6, 6.07) is 17.6. The van der Waals surface area contributed by atoms with E-state index in [0.717, 1.165) is 24.2 Å². The lowest BCUT2D eigenvalue weighted by Gasteiger charge is -2.12. The van der Waals surface area contributed by atoms with Crippen molar-refractivity contribution in [3.8, 4) is 0 Å². The summed E-state index contributed by atoms with van der Waals surface area (Å²) in [7, 11) is 0. The number of nitrogens with two attached hydrogens (primary N) is 1. The molecule has 0 spiro atoms. The second-order valence-corrected chi connectivity index (χ2v) is 4.62. The first-order chi connectivity index (χ1) is 9.25. The summed E-state index contributed by atoms with van der Waals surface area (Å²) in [5.41, 5.74) is 8.62. The van der Waals surface area contributed by atoms with E-state index in [1.165, 1.54) is 5.56 Å². The van der Waals surface area contributed by atoms with Gasteiger partial charge in [0.2, 0.25) is 0 Å². The molecule has 3 heteroatoms. The highest BCUT2D eigenvalue weighted by Gasteiger charge is 2.05. The van der Waals surface area contributed by atoms with Crippen LogP contribution in [0.15, 0.2) is 54.6 Å². The summed E-state index contributed by atoms with van der Waals surface area (Å²) in [5, 5.41) is 13.2. The van der Waals surface area contributed by atoms with Gasteiger partial charge in [0.1, 0.15) is 0 Å². The number of benzene rings is 2. The molecule has 0 bridgehead atoms. The fourth-order valence-electron chi connectivity index (χ4n) is 1.95. The molecule has 0 radical (unpaired) electrons. The third-order valence-corrected chi connectivity index (χ3v) is 3.09. The Morgan fingerprint density at radius 3 is 2.37 bits per heavy atom. The smallest absolute Gasteiger partial charge is 0.0914 e. The summed E-state index contributed by atoms with van der Waals surface area (Å²) in [5.74, 6) is 0. The predicted molar refractivity (Wildman–Crippen MR) is 78.8 cm³/mol. The Morgan fingerprint density at radius 2 is 1.68 bits per heavy atom. The first-order valence-corrected chi connectivity index (χ1v) is 6.54. The van der Waals surface area contributed by atoms with E-state index in [0.29, 0.717) is 6.54 Å². The zero-order chi connectivity index (χ0) is 13.5. The number of rotatable bonds is 6. The van der Waals surface area contributed by atoms with E-state index in [2.05, 4.69) is 5.32 Å². The van der Waals surface area contributed by atoms with E-state index in [-0.39, 0.29) is 0 Å². The molecule has 0 saturated heterocycles. The minimum Gasteiger partial charge on any atom is -0.399 e. The Morgan fingerprint density at radius 1 is 1.00 bits per heavy atom. The van der Waals surface area contributed by atoms with Crippen molar-refractivity contribution in [1.82, 2.24) is 5.32 Å². The van der Waals surface area contributed by atoms with Crippen LogP contribution in [-0.2, 0) is 6.42 Å². The van der Waals surface area contributed by atoms with E-state index >= 15 is 0 Å². The van der Waals surface area contributed by atoms with Crippen LogP contribution in [0, 0.1) is 0 Å². The third-order valence-electron chi connectivity index (χ3n) is 3.09. The Kier molecular flexibility index (Phi) is 4.95. The fraction of sp³-hybridized carbons (Fsp3) is 0.250. The van der Waals surface area contributed by atoms with Gasteiger partial charge in [-0.15, -0.1) is 0 Å². The summed E-state index contributed by atoms with van der Waals surface area (Å²) in [6.45, 7) is 1.41. The molecule has 0 heterocycles. The number of anilines is 1.